The van der Waals surface area contributed by atoms with Crippen molar-refractivity contribution in [2.75, 3.05) is 19.8 Å². The maximum Gasteiger partial charge on any atom is 0.341 e. The zero-order valence-corrected chi connectivity index (χ0v) is 19.0. The van der Waals surface area contributed by atoms with Crippen LogP contribution in [0.15, 0.2) is 73.2 Å². The van der Waals surface area contributed by atoms with E-state index in [4.69, 9.17) is 14.6 Å². The molecule has 0 fully saturated rings. The summed E-state index contributed by atoms with van der Waals surface area (Å²) in [6.07, 6.45) is 5.88. The number of hydrogen-bond acceptors (Lipinski definition) is 5. The minimum atomic E-state index is -1.02. The molecule has 8 heteroatoms. The quantitative estimate of drug-likeness (QED) is 0.257. The molecule has 0 saturated carbocycles. The predicted octanol–water partition coefficient (Wildman–Crippen LogP) is 3.38. The van der Waals surface area contributed by atoms with Crippen molar-refractivity contribution in [2.24, 2.45) is 0 Å². The standard InChI is InChI=1S/C26H29N3O5/c1-18(13-19-14-28-26-21(19)7-6-10-24(26)34-17-25(31)32)27-15-20(30)16-33-23-9-3-2-8-22(23)29-11-4-5-12-29/h2-12,14,18,20,27-28,30H,13,15-17H2,1H3,(H,31,32). The molecule has 2 aromatic heterocycles. The molecule has 2 unspecified atom stereocenters. The lowest BCUT2D eigenvalue weighted by Gasteiger charge is -2.18. The molecule has 0 radical (unpaired) electrons. The number of aromatic nitrogens is 2. The topological polar surface area (TPSA) is 109 Å². The van der Waals surface area contributed by atoms with Crippen LogP contribution in [0.2, 0.25) is 0 Å². The summed E-state index contributed by atoms with van der Waals surface area (Å²) in [4.78, 5) is 14.0. The van der Waals surface area contributed by atoms with Gasteiger partial charge in [0.15, 0.2) is 6.61 Å². The molecular weight excluding hydrogens is 434 g/mol. The number of carboxylic acids is 1. The Balaban J connectivity index is 1.29. The number of ether oxygens (including phenoxy) is 2. The van der Waals surface area contributed by atoms with E-state index in [1.165, 1.54) is 0 Å². The molecular formula is C26H29N3O5. The number of carbonyl (C=O) groups is 1. The summed E-state index contributed by atoms with van der Waals surface area (Å²) < 4.78 is 13.3. The van der Waals surface area contributed by atoms with Crippen LogP contribution >= 0.6 is 0 Å². The van der Waals surface area contributed by atoms with Gasteiger partial charge in [-0.2, -0.15) is 0 Å². The molecule has 34 heavy (non-hydrogen) atoms. The average Bonchev–Trinajstić information content (AvgIpc) is 3.51. The van der Waals surface area contributed by atoms with Crippen molar-refractivity contribution in [3.05, 3.63) is 78.8 Å². The fraction of sp³-hybridized carbons (Fsp3) is 0.269. The fourth-order valence-corrected chi connectivity index (χ4v) is 3.89. The van der Waals surface area contributed by atoms with Crippen LogP contribution in [0.1, 0.15) is 12.5 Å². The molecule has 0 aliphatic rings. The highest BCUT2D eigenvalue weighted by atomic mass is 16.5. The summed E-state index contributed by atoms with van der Waals surface area (Å²) in [6, 6.07) is 17.3. The monoisotopic (exact) mass is 463 g/mol. The maximum absolute atomic E-state index is 10.8. The first-order chi connectivity index (χ1) is 16.5. The molecule has 2 aromatic carbocycles. The van der Waals surface area contributed by atoms with Gasteiger partial charge in [0.25, 0.3) is 0 Å². The summed E-state index contributed by atoms with van der Waals surface area (Å²) in [6.45, 7) is 2.23. The van der Waals surface area contributed by atoms with E-state index < -0.39 is 12.1 Å². The van der Waals surface area contributed by atoms with E-state index in [1.54, 1.807) is 6.07 Å². The number of para-hydroxylation sites is 3. The van der Waals surface area contributed by atoms with Gasteiger partial charge in [0.05, 0.1) is 11.2 Å². The summed E-state index contributed by atoms with van der Waals surface area (Å²) in [5, 5.41) is 23.7. The Morgan fingerprint density at radius 3 is 2.62 bits per heavy atom. The number of hydrogen-bond donors (Lipinski definition) is 4. The van der Waals surface area contributed by atoms with Crippen molar-refractivity contribution in [1.82, 2.24) is 14.9 Å². The Hall–Kier alpha value is -3.75. The molecule has 0 spiro atoms. The van der Waals surface area contributed by atoms with Crippen LogP contribution in [0.25, 0.3) is 16.6 Å². The zero-order chi connectivity index (χ0) is 23.9. The smallest absolute Gasteiger partial charge is 0.341 e. The molecule has 178 valence electrons. The van der Waals surface area contributed by atoms with E-state index in [0.29, 0.717) is 18.0 Å². The minimum absolute atomic E-state index is 0.101. The van der Waals surface area contributed by atoms with E-state index in [-0.39, 0.29) is 19.3 Å². The largest absolute Gasteiger partial charge is 0.489 e. The molecule has 4 rings (SSSR count). The van der Waals surface area contributed by atoms with Crippen LogP contribution in [-0.4, -0.2) is 57.6 Å². The van der Waals surface area contributed by atoms with Crippen LogP contribution < -0.4 is 14.8 Å². The van der Waals surface area contributed by atoms with Crippen molar-refractivity contribution < 1.29 is 24.5 Å². The van der Waals surface area contributed by atoms with Gasteiger partial charge in [-0.3, -0.25) is 0 Å². The number of aliphatic carboxylic acids is 1. The molecule has 2 atom stereocenters. The van der Waals surface area contributed by atoms with Crippen molar-refractivity contribution >= 4 is 16.9 Å². The van der Waals surface area contributed by atoms with Crippen LogP contribution in [-0.2, 0) is 11.2 Å². The van der Waals surface area contributed by atoms with Gasteiger partial charge in [0.1, 0.15) is 24.2 Å². The van der Waals surface area contributed by atoms with Crippen LogP contribution in [0.5, 0.6) is 11.5 Å². The van der Waals surface area contributed by atoms with Gasteiger partial charge < -0.3 is 34.6 Å². The van der Waals surface area contributed by atoms with Crippen LogP contribution in [0, 0.1) is 0 Å². The number of fused-ring (bicyclic) bond motifs is 1. The molecule has 0 bridgehead atoms. The first-order valence-electron chi connectivity index (χ1n) is 11.2. The first kappa shape index (κ1) is 23.4. The molecule has 0 saturated heterocycles. The Labute approximate surface area is 197 Å². The third-order valence-corrected chi connectivity index (χ3v) is 5.52. The van der Waals surface area contributed by atoms with E-state index >= 15 is 0 Å². The molecule has 4 aromatic rings. The molecule has 8 nitrogen and oxygen atoms in total. The van der Waals surface area contributed by atoms with Crippen molar-refractivity contribution in [2.45, 2.75) is 25.5 Å². The highest BCUT2D eigenvalue weighted by Crippen LogP contribution is 2.28. The SMILES string of the molecule is CC(Cc1c[nH]c2c(OCC(=O)O)cccc12)NCC(O)COc1ccccc1-n1cccc1. The number of nitrogens with zero attached hydrogens (tertiary/aromatic N) is 1. The summed E-state index contributed by atoms with van der Waals surface area (Å²) >= 11 is 0. The van der Waals surface area contributed by atoms with Crippen molar-refractivity contribution in [1.29, 1.82) is 0 Å². The van der Waals surface area contributed by atoms with E-state index in [9.17, 15) is 9.90 Å². The fourth-order valence-electron chi connectivity index (χ4n) is 3.89. The minimum Gasteiger partial charge on any atom is -0.489 e. The van der Waals surface area contributed by atoms with Crippen LogP contribution in [0.3, 0.4) is 0 Å². The van der Waals surface area contributed by atoms with E-state index in [2.05, 4.69) is 17.2 Å². The number of rotatable bonds is 12. The molecule has 4 N–H and O–H groups in total. The van der Waals surface area contributed by atoms with E-state index in [0.717, 1.165) is 28.6 Å². The molecule has 0 amide bonds. The number of aromatic amines is 1. The molecule has 0 aliphatic heterocycles. The van der Waals surface area contributed by atoms with Gasteiger partial charge in [-0.25, -0.2) is 4.79 Å². The van der Waals surface area contributed by atoms with Gasteiger partial charge in [-0.15, -0.1) is 0 Å². The van der Waals surface area contributed by atoms with Crippen LogP contribution in [0.4, 0.5) is 0 Å². The van der Waals surface area contributed by atoms with E-state index in [1.807, 2.05) is 71.7 Å². The highest BCUT2D eigenvalue weighted by Gasteiger charge is 2.14. The Morgan fingerprint density at radius 2 is 1.82 bits per heavy atom. The molecule has 2 heterocycles. The summed E-state index contributed by atoms with van der Waals surface area (Å²) in [5.41, 5.74) is 2.79. The zero-order valence-electron chi connectivity index (χ0n) is 19.0. The highest BCUT2D eigenvalue weighted by molar-refractivity contribution is 5.88. The lowest BCUT2D eigenvalue weighted by atomic mass is 10.1. The Morgan fingerprint density at radius 1 is 1.06 bits per heavy atom. The number of nitrogens with one attached hydrogen (secondary N) is 2. The average molecular weight is 464 g/mol. The molecule has 0 aliphatic carbocycles. The third kappa shape index (κ3) is 5.78. The second kappa shape index (κ2) is 10.9. The van der Waals surface area contributed by atoms with Gasteiger partial charge in [0.2, 0.25) is 0 Å². The third-order valence-electron chi connectivity index (χ3n) is 5.52. The maximum atomic E-state index is 10.8. The summed E-state index contributed by atoms with van der Waals surface area (Å²) in [5.74, 6) is 0.211. The van der Waals surface area contributed by atoms with Gasteiger partial charge >= 0.3 is 5.97 Å². The summed E-state index contributed by atoms with van der Waals surface area (Å²) in [7, 11) is 0. The Kier molecular flexibility index (Phi) is 7.51. The Bertz CT molecular complexity index is 1220. The van der Waals surface area contributed by atoms with Crippen molar-refractivity contribution in [3.63, 3.8) is 0 Å². The second-order valence-corrected chi connectivity index (χ2v) is 8.21. The first-order valence-corrected chi connectivity index (χ1v) is 11.2. The van der Waals surface area contributed by atoms with Gasteiger partial charge in [0, 0.05) is 36.6 Å². The number of aliphatic hydroxyl groups is 1. The van der Waals surface area contributed by atoms with Gasteiger partial charge in [-0.05, 0) is 49.2 Å². The number of benzene rings is 2. The number of H-pyrrole nitrogens is 1. The lowest BCUT2D eigenvalue weighted by Crippen LogP contribution is -2.37. The normalized spacial score (nSPS) is 13.0. The van der Waals surface area contributed by atoms with Crippen molar-refractivity contribution in [3.8, 4) is 17.2 Å². The number of carboxylic acid groups (broad SMARTS) is 1. The lowest BCUT2D eigenvalue weighted by molar-refractivity contribution is -0.139. The predicted molar refractivity (Wildman–Crippen MR) is 130 cm³/mol. The van der Waals surface area contributed by atoms with Gasteiger partial charge in [-0.1, -0.05) is 24.3 Å². The second-order valence-electron chi connectivity index (χ2n) is 8.21. The number of aliphatic hydroxyl groups excluding tert-OH is 1.